The minimum Gasteiger partial charge on any atom is -0.455 e. The Bertz CT molecular complexity index is 3260. The molecular formula is C51H31N3O. The molecule has 0 aliphatic rings. The van der Waals surface area contributed by atoms with Crippen LogP contribution in [0.15, 0.2) is 192 Å². The molecule has 4 heteroatoms. The van der Waals surface area contributed by atoms with E-state index in [1.54, 1.807) is 0 Å². The lowest BCUT2D eigenvalue weighted by molar-refractivity contribution is 0.673. The van der Waals surface area contributed by atoms with E-state index < -0.39 is 0 Å². The number of nitrogens with zero attached hydrogens (tertiary/aromatic N) is 3. The summed E-state index contributed by atoms with van der Waals surface area (Å²) in [4.78, 5) is 15.2. The third kappa shape index (κ3) is 5.19. The minimum absolute atomic E-state index is 0.585. The normalized spacial score (nSPS) is 11.6. The van der Waals surface area contributed by atoms with Crippen LogP contribution in [0.3, 0.4) is 0 Å². The van der Waals surface area contributed by atoms with Gasteiger partial charge in [-0.3, -0.25) is 0 Å². The van der Waals surface area contributed by atoms with Gasteiger partial charge in [-0.1, -0.05) is 164 Å². The fourth-order valence-electron chi connectivity index (χ4n) is 8.13. The number of fused-ring (bicyclic) bond motifs is 8. The topological polar surface area (TPSA) is 51.8 Å². The first-order valence-electron chi connectivity index (χ1n) is 18.5. The highest BCUT2D eigenvalue weighted by Crippen LogP contribution is 2.44. The summed E-state index contributed by atoms with van der Waals surface area (Å²) in [5.41, 5.74) is 8.94. The van der Waals surface area contributed by atoms with Crippen molar-refractivity contribution in [3.63, 3.8) is 0 Å². The van der Waals surface area contributed by atoms with Crippen LogP contribution < -0.4 is 0 Å². The Morgan fingerprint density at radius 2 is 0.836 bits per heavy atom. The first-order valence-corrected chi connectivity index (χ1v) is 18.5. The van der Waals surface area contributed by atoms with Gasteiger partial charge >= 0.3 is 0 Å². The highest BCUT2D eigenvalue weighted by atomic mass is 16.3. The molecule has 11 rings (SSSR count). The highest BCUT2D eigenvalue weighted by Gasteiger charge is 2.20. The van der Waals surface area contributed by atoms with E-state index in [2.05, 4.69) is 146 Å². The first-order chi connectivity index (χ1) is 27.3. The maximum atomic E-state index is 6.81. The summed E-state index contributed by atoms with van der Waals surface area (Å²) in [6.07, 6.45) is 0. The van der Waals surface area contributed by atoms with E-state index in [9.17, 15) is 0 Å². The van der Waals surface area contributed by atoms with Crippen molar-refractivity contribution in [2.75, 3.05) is 0 Å². The molecule has 0 N–H and O–H groups in total. The Morgan fingerprint density at radius 1 is 0.291 bits per heavy atom. The molecule has 0 unspecified atom stereocenters. The fraction of sp³-hybridized carbons (Fsp3) is 0. The zero-order valence-corrected chi connectivity index (χ0v) is 29.6. The predicted octanol–water partition coefficient (Wildman–Crippen LogP) is 13.6. The van der Waals surface area contributed by atoms with Crippen LogP contribution >= 0.6 is 0 Å². The zero-order valence-electron chi connectivity index (χ0n) is 29.6. The molecule has 0 spiro atoms. The van der Waals surface area contributed by atoms with Crippen molar-refractivity contribution < 1.29 is 4.42 Å². The molecule has 9 aromatic carbocycles. The number of hydrogen-bond acceptors (Lipinski definition) is 4. The Labute approximate surface area is 317 Å². The third-order valence-electron chi connectivity index (χ3n) is 10.7. The Kier molecular flexibility index (Phi) is 7.14. The smallest absolute Gasteiger partial charge is 0.164 e. The molecule has 11 aromatic rings. The van der Waals surface area contributed by atoms with Crippen LogP contribution in [0.2, 0.25) is 0 Å². The Morgan fingerprint density at radius 3 is 1.60 bits per heavy atom. The van der Waals surface area contributed by atoms with Gasteiger partial charge in [0, 0.05) is 32.8 Å². The van der Waals surface area contributed by atoms with Gasteiger partial charge in [0.05, 0.1) is 0 Å². The standard InChI is InChI=1S/C51H31N3O/c1-3-15-32(16-4-1)36-20-9-14-26-43(36)51-53-49(33-17-5-2-6-18-33)52-50(54-51)35-27-28-41-46-31-45(40-24-12-13-25-42(40)48(46)55-47(41)30-35)44-29-34-19-7-8-21-37(34)38-22-10-11-23-39(38)44/h1-31H. The molecule has 0 amide bonds. The molecule has 0 bridgehead atoms. The Balaban J connectivity index is 1.12. The van der Waals surface area contributed by atoms with Crippen LogP contribution in [0.4, 0.5) is 0 Å². The number of hydrogen-bond donors (Lipinski definition) is 0. The van der Waals surface area contributed by atoms with Gasteiger partial charge in [-0.2, -0.15) is 0 Å². The summed E-state index contributed by atoms with van der Waals surface area (Å²) in [6, 6.07) is 65.7. The molecule has 4 nitrogen and oxygen atoms in total. The number of benzene rings is 9. The first kappa shape index (κ1) is 31.1. The summed E-state index contributed by atoms with van der Waals surface area (Å²) in [6.45, 7) is 0. The van der Waals surface area contributed by atoms with Crippen LogP contribution in [0.25, 0.3) is 111 Å². The second-order valence-corrected chi connectivity index (χ2v) is 13.9. The molecule has 2 aromatic heterocycles. The number of rotatable bonds is 5. The molecule has 256 valence electrons. The summed E-state index contributed by atoms with van der Waals surface area (Å²) >= 11 is 0. The van der Waals surface area contributed by atoms with Gasteiger partial charge in [0.15, 0.2) is 17.5 Å². The SMILES string of the molecule is c1ccc(-c2nc(-c3ccc4c(c3)oc3c5ccccc5c(-c5cc6ccccc6c6ccccc56)cc43)nc(-c3ccccc3-c3ccccc3)n2)cc1. The van der Waals surface area contributed by atoms with Gasteiger partial charge < -0.3 is 4.42 Å². The molecule has 0 atom stereocenters. The van der Waals surface area contributed by atoms with Crippen LogP contribution in [0.5, 0.6) is 0 Å². The van der Waals surface area contributed by atoms with E-state index in [0.29, 0.717) is 17.5 Å². The van der Waals surface area contributed by atoms with Gasteiger partial charge in [-0.05, 0) is 73.5 Å². The number of furan rings is 1. The van der Waals surface area contributed by atoms with Crippen molar-refractivity contribution in [2.24, 2.45) is 0 Å². The average molecular weight is 702 g/mol. The van der Waals surface area contributed by atoms with Gasteiger partial charge in [-0.25, -0.2) is 15.0 Å². The lowest BCUT2D eigenvalue weighted by atomic mass is 9.89. The molecular weight excluding hydrogens is 671 g/mol. The van der Waals surface area contributed by atoms with Gasteiger partial charge in [0.25, 0.3) is 0 Å². The maximum Gasteiger partial charge on any atom is 0.164 e. The summed E-state index contributed by atoms with van der Waals surface area (Å²) in [5, 5.41) is 9.31. The second kappa shape index (κ2) is 12.6. The van der Waals surface area contributed by atoms with Crippen LogP contribution in [-0.2, 0) is 0 Å². The Hall–Kier alpha value is -7.43. The summed E-state index contributed by atoms with van der Waals surface area (Å²) < 4.78 is 6.81. The van der Waals surface area contributed by atoms with E-state index >= 15 is 0 Å². The van der Waals surface area contributed by atoms with Crippen molar-refractivity contribution >= 4 is 54.3 Å². The molecule has 55 heavy (non-hydrogen) atoms. The zero-order chi connectivity index (χ0) is 36.3. The summed E-state index contributed by atoms with van der Waals surface area (Å²) in [5.74, 6) is 1.82. The largest absolute Gasteiger partial charge is 0.455 e. The third-order valence-corrected chi connectivity index (χ3v) is 10.7. The van der Waals surface area contributed by atoms with E-state index in [-0.39, 0.29) is 0 Å². The lowest BCUT2D eigenvalue weighted by Crippen LogP contribution is -2.01. The van der Waals surface area contributed by atoms with Crippen molar-refractivity contribution in [3.05, 3.63) is 188 Å². The highest BCUT2D eigenvalue weighted by molar-refractivity contribution is 6.22. The number of aromatic nitrogens is 3. The molecule has 0 aliphatic heterocycles. The lowest BCUT2D eigenvalue weighted by Gasteiger charge is -2.14. The van der Waals surface area contributed by atoms with Crippen molar-refractivity contribution in [2.45, 2.75) is 0 Å². The van der Waals surface area contributed by atoms with Crippen LogP contribution in [-0.4, -0.2) is 15.0 Å². The molecule has 0 radical (unpaired) electrons. The molecule has 0 saturated carbocycles. The van der Waals surface area contributed by atoms with Crippen LogP contribution in [0, 0.1) is 0 Å². The van der Waals surface area contributed by atoms with Crippen LogP contribution in [0.1, 0.15) is 0 Å². The van der Waals surface area contributed by atoms with E-state index in [1.807, 2.05) is 42.5 Å². The van der Waals surface area contributed by atoms with Crippen molar-refractivity contribution in [1.82, 2.24) is 15.0 Å². The average Bonchev–Trinajstić information content (AvgIpc) is 3.64. The predicted molar refractivity (Wildman–Crippen MR) is 227 cm³/mol. The van der Waals surface area contributed by atoms with Gasteiger partial charge in [-0.15, -0.1) is 0 Å². The fourth-order valence-corrected chi connectivity index (χ4v) is 8.13. The molecule has 2 heterocycles. The van der Waals surface area contributed by atoms with E-state index in [1.165, 1.54) is 32.7 Å². The van der Waals surface area contributed by atoms with Gasteiger partial charge in [0.1, 0.15) is 11.2 Å². The molecule has 0 aliphatic carbocycles. The van der Waals surface area contributed by atoms with E-state index in [0.717, 1.165) is 60.5 Å². The maximum absolute atomic E-state index is 6.81. The summed E-state index contributed by atoms with van der Waals surface area (Å²) in [7, 11) is 0. The van der Waals surface area contributed by atoms with Crippen molar-refractivity contribution in [1.29, 1.82) is 0 Å². The minimum atomic E-state index is 0.585. The molecule has 0 saturated heterocycles. The van der Waals surface area contributed by atoms with Gasteiger partial charge in [0.2, 0.25) is 0 Å². The quantitative estimate of drug-likeness (QED) is 0.168. The second-order valence-electron chi connectivity index (χ2n) is 13.9. The monoisotopic (exact) mass is 701 g/mol. The molecule has 0 fully saturated rings. The van der Waals surface area contributed by atoms with E-state index in [4.69, 9.17) is 19.4 Å². The van der Waals surface area contributed by atoms with Crippen molar-refractivity contribution in [3.8, 4) is 56.4 Å².